The molecule has 0 saturated carbocycles. The Kier molecular flexibility index (Phi) is 3.87. The van der Waals surface area contributed by atoms with Crippen molar-refractivity contribution in [1.29, 1.82) is 0 Å². The minimum absolute atomic E-state index is 0.0113. The monoisotopic (exact) mass is 320 g/mol. The predicted molar refractivity (Wildman–Crippen MR) is 80.5 cm³/mol. The number of esters is 2. The van der Waals surface area contributed by atoms with E-state index in [0.29, 0.717) is 19.3 Å². The van der Waals surface area contributed by atoms with Crippen molar-refractivity contribution in [1.82, 2.24) is 4.68 Å². The van der Waals surface area contributed by atoms with Crippen LogP contribution in [-0.4, -0.2) is 42.8 Å². The Morgan fingerprint density at radius 2 is 2.04 bits per heavy atom. The van der Waals surface area contributed by atoms with E-state index in [9.17, 15) is 14.4 Å². The Balaban J connectivity index is 1.98. The molecule has 1 fully saturated rings. The molecule has 0 spiro atoms. The third-order valence-corrected chi connectivity index (χ3v) is 4.81. The van der Waals surface area contributed by atoms with Gasteiger partial charge >= 0.3 is 11.9 Å². The third kappa shape index (κ3) is 2.31. The van der Waals surface area contributed by atoms with Crippen LogP contribution in [0.5, 0.6) is 0 Å². The molecule has 1 saturated heterocycles. The standard InChI is InChI=1S/C16H20N2O5/c1-9-10(4-7-13(20)22-2)8-17-15(9)14(16(21)23-3)11-5-6-12(19)18(11)17/h8,11,14H,4-7H2,1-3H3. The molecular weight excluding hydrogens is 300 g/mol. The molecule has 0 bridgehead atoms. The Morgan fingerprint density at radius 3 is 2.70 bits per heavy atom. The number of carbonyl (C=O) groups excluding carboxylic acids is 3. The number of methoxy groups -OCH3 is 2. The van der Waals surface area contributed by atoms with Crippen molar-refractivity contribution in [2.75, 3.05) is 19.2 Å². The maximum Gasteiger partial charge on any atom is 0.316 e. The van der Waals surface area contributed by atoms with Crippen LogP contribution in [0, 0.1) is 6.92 Å². The predicted octanol–water partition coefficient (Wildman–Crippen LogP) is 0.799. The lowest BCUT2D eigenvalue weighted by molar-refractivity contribution is -0.143. The highest BCUT2D eigenvalue weighted by molar-refractivity contribution is 5.94. The zero-order chi connectivity index (χ0) is 16.7. The number of amides is 1. The van der Waals surface area contributed by atoms with Crippen LogP contribution in [0.25, 0.3) is 0 Å². The van der Waals surface area contributed by atoms with Crippen LogP contribution in [-0.2, 0) is 30.3 Å². The molecule has 2 unspecified atom stereocenters. The first kappa shape index (κ1) is 15.6. The summed E-state index contributed by atoms with van der Waals surface area (Å²) in [7, 11) is 2.72. The van der Waals surface area contributed by atoms with Crippen LogP contribution in [0.3, 0.4) is 0 Å². The van der Waals surface area contributed by atoms with Gasteiger partial charge in [0.15, 0.2) is 0 Å². The highest BCUT2D eigenvalue weighted by atomic mass is 16.5. The molecule has 1 amide bonds. The molecule has 2 aliphatic rings. The van der Waals surface area contributed by atoms with Gasteiger partial charge in [-0.3, -0.25) is 19.1 Å². The summed E-state index contributed by atoms with van der Waals surface area (Å²) < 4.78 is 11.4. The topological polar surface area (TPSA) is 77.8 Å². The molecule has 7 nitrogen and oxygen atoms in total. The molecule has 23 heavy (non-hydrogen) atoms. The number of nitrogens with zero attached hydrogens (tertiary/aromatic N) is 2. The zero-order valence-electron chi connectivity index (χ0n) is 13.5. The van der Waals surface area contributed by atoms with Gasteiger partial charge in [-0.2, -0.15) is 0 Å². The summed E-state index contributed by atoms with van der Waals surface area (Å²) >= 11 is 0. The van der Waals surface area contributed by atoms with Crippen molar-refractivity contribution >= 4 is 17.8 Å². The lowest BCUT2D eigenvalue weighted by Crippen LogP contribution is -2.39. The fourth-order valence-electron chi connectivity index (χ4n) is 3.65. The molecule has 1 aromatic heterocycles. The maximum absolute atomic E-state index is 12.3. The normalized spacial score (nSPS) is 22.0. The fraction of sp³-hybridized carbons (Fsp3) is 0.562. The van der Waals surface area contributed by atoms with Gasteiger partial charge in [0.25, 0.3) is 0 Å². The number of hydrogen-bond donors (Lipinski definition) is 0. The third-order valence-electron chi connectivity index (χ3n) is 4.81. The molecule has 0 aliphatic carbocycles. The van der Waals surface area contributed by atoms with Gasteiger partial charge in [-0.25, -0.2) is 5.01 Å². The second kappa shape index (κ2) is 5.72. The molecule has 3 rings (SSSR count). The first-order valence-electron chi connectivity index (χ1n) is 7.67. The fourth-order valence-corrected chi connectivity index (χ4v) is 3.65. The smallest absolute Gasteiger partial charge is 0.316 e. The summed E-state index contributed by atoms with van der Waals surface area (Å²) in [6.45, 7) is 1.92. The van der Waals surface area contributed by atoms with E-state index < -0.39 is 5.92 Å². The first-order chi connectivity index (χ1) is 11.0. The van der Waals surface area contributed by atoms with Gasteiger partial charge in [0.2, 0.25) is 5.91 Å². The van der Waals surface area contributed by atoms with Gasteiger partial charge in [-0.15, -0.1) is 0 Å². The molecule has 2 aliphatic heterocycles. The number of aromatic nitrogens is 1. The van der Waals surface area contributed by atoms with Gasteiger partial charge in [0.05, 0.1) is 26.0 Å². The molecule has 0 radical (unpaired) electrons. The average molecular weight is 320 g/mol. The van der Waals surface area contributed by atoms with Gasteiger partial charge in [-0.1, -0.05) is 0 Å². The van der Waals surface area contributed by atoms with Crippen LogP contribution < -0.4 is 5.01 Å². The number of carbonyl (C=O) groups is 3. The number of fused-ring (bicyclic) bond motifs is 3. The van der Waals surface area contributed by atoms with Crippen LogP contribution in [0.15, 0.2) is 6.20 Å². The lowest BCUT2D eigenvalue weighted by Gasteiger charge is -2.20. The molecule has 1 aromatic rings. The van der Waals surface area contributed by atoms with Gasteiger partial charge < -0.3 is 9.47 Å². The summed E-state index contributed by atoms with van der Waals surface area (Å²) in [4.78, 5) is 35.8. The van der Waals surface area contributed by atoms with Crippen molar-refractivity contribution < 1.29 is 23.9 Å². The van der Waals surface area contributed by atoms with Gasteiger partial charge in [-0.05, 0) is 30.9 Å². The number of rotatable bonds is 4. The highest BCUT2D eigenvalue weighted by Gasteiger charge is 2.50. The summed E-state index contributed by atoms with van der Waals surface area (Å²) in [6.07, 6.45) is 3.72. The Morgan fingerprint density at radius 1 is 1.30 bits per heavy atom. The Bertz CT molecular complexity index is 678. The van der Waals surface area contributed by atoms with Crippen LogP contribution in [0.1, 0.15) is 42.0 Å². The Hall–Kier alpha value is -2.31. The van der Waals surface area contributed by atoms with Crippen molar-refractivity contribution in [3.8, 4) is 0 Å². The quantitative estimate of drug-likeness (QED) is 0.767. The molecule has 3 heterocycles. The molecule has 0 aromatic carbocycles. The second-order valence-electron chi connectivity index (χ2n) is 5.93. The van der Waals surface area contributed by atoms with E-state index in [4.69, 9.17) is 4.74 Å². The maximum atomic E-state index is 12.3. The summed E-state index contributed by atoms with van der Waals surface area (Å²) in [6, 6.07) is -0.168. The lowest BCUT2D eigenvalue weighted by atomic mass is 9.92. The molecule has 0 N–H and O–H groups in total. The summed E-state index contributed by atoms with van der Waals surface area (Å²) in [5.41, 5.74) is 2.68. The number of hydrogen-bond acceptors (Lipinski definition) is 5. The second-order valence-corrected chi connectivity index (χ2v) is 5.93. The van der Waals surface area contributed by atoms with Crippen molar-refractivity contribution in [2.45, 2.75) is 44.6 Å². The van der Waals surface area contributed by atoms with E-state index in [1.807, 2.05) is 13.1 Å². The van der Waals surface area contributed by atoms with E-state index in [2.05, 4.69) is 4.74 Å². The van der Waals surface area contributed by atoms with Gasteiger partial charge in [0.1, 0.15) is 5.92 Å². The summed E-state index contributed by atoms with van der Waals surface area (Å²) in [5.74, 6) is -1.06. The van der Waals surface area contributed by atoms with Crippen LogP contribution in [0.4, 0.5) is 0 Å². The summed E-state index contributed by atoms with van der Waals surface area (Å²) in [5, 5.41) is 1.66. The SMILES string of the molecule is COC(=O)CCc1cn2c(c1C)C(C(=O)OC)C1CCC(=O)N12. The highest BCUT2D eigenvalue weighted by Crippen LogP contribution is 2.41. The first-order valence-corrected chi connectivity index (χ1v) is 7.67. The van der Waals surface area contributed by atoms with E-state index in [-0.39, 0.29) is 30.3 Å². The van der Waals surface area contributed by atoms with Crippen molar-refractivity contribution in [3.63, 3.8) is 0 Å². The Labute approximate surface area is 134 Å². The molecular formula is C16H20N2O5. The van der Waals surface area contributed by atoms with Gasteiger partial charge in [0, 0.05) is 19.0 Å². The van der Waals surface area contributed by atoms with Crippen molar-refractivity contribution in [3.05, 3.63) is 23.0 Å². The van der Waals surface area contributed by atoms with E-state index in [0.717, 1.165) is 16.8 Å². The average Bonchev–Trinajstić information content (AvgIpc) is 3.16. The zero-order valence-corrected chi connectivity index (χ0v) is 13.5. The molecule has 124 valence electrons. The number of aryl methyl sites for hydroxylation is 1. The molecule has 7 heteroatoms. The minimum Gasteiger partial charge on any atom is -0.469 e. The largest absolute Gasteiger partial charge is 0.469 e. The van der Waals surface area contributed by atoms with E-state index >= 15 is 0 Å². The van der Waals surface area contributed by atoms with Crippen molar-refractivity contribution in [2.24, 2.45) is 0 Å². The van der Waals surface area contributed by atoms with E-state index in [1.54, 1.807) is 9.69 Å². The minimum atomic E-state index is -0.460. The molecule has 2 atom stereocenters. The van der Waals surface area contributed by atoms with Crippen LogP contribution in [0.2, 0.25) is 0 Å². The van der Waals surface area contributed by atoms with Crippen LogP contribution >= 0.6 is 0 Å². The number of ether oxygens (including phenoxy) is 2. The van der Waals surface area contributed by atoms with E-state index in [1.165, 1.54) is 14.2 Å².